The molecule has 1 saturated heterocycles. The van der Waals surface area contributed by atoms with Crippen molar-refractivity contribution in [3.8, 4) is 0 Å². The largest absolute Gasteiger partial charge is 0.326 e. The van der Waals surface area contributed by atoms with Crippen LogP contribution in [0.5, 0.6) is 0 Å². The van der Waals surface area contributed by atoms with Gasteiger partial charge in [0, 0.05) is 14.1 Å². The minimum absolute atomic E-state index is 0.0608. The van der Waals surface area contributed by atoms with E-state index < -0.39 is 0 Å². The van der Waals surface area contributed by atoms with Crippen LogP contribution >= 0.6 is 0 Å². The van der Waals surface area contributed by atoms with Crippen LogP contribution < -0.4 is 0 Å². The molecule has 2 atom stereocenters. The number of fused-ring (bicyclic) bond motifs is 3. The van der Waals surface area contributed by atoms with E-state index in [9.17, 15) is 9.59 Å². The summed E-state index contributed by atoms with van der Waals surface area (Å²) in [4.78, 5) is 26.9. The van der Waals surface area contributed by atoms with E-state index in [1.165, 1.54) is 10.5 Å². The van der Waals surface area contributed by atoms with Gasteiger partial charge in [0.2, 0.25) is 5.91 Å². The lowest BCUT2D eigenvalue weighted by molar-refractivity contribution is -0.136. The second-order valence-electron chi connectivity index (χ2n) is 4.75. The molecule has 3 rings (SSSR count). The van der Waals surface area contributed by atoms with Crippen molar-refractivity contribution in [3.05, 3.63) is 35.4 Å². The zero-order valence-electron chi connectivity index (χ0n) is 9.88. The van der Waals surface area contributed by atoms with Crippen LogP contribution in [-0.2, 0) is 11.2 Å². The number of benzene rings is 1. The lowest BCUT2D eigenvalue weighted by atomic mass is 9.96. The van der Waals surface area contributed by atoms with Crippen LogP contribution in [-0.4, -0.2) is 35.8 Å². The SMILES string of the molecule is CN1C(=O)C2Cc3ccccc3C2N(C)C1=O. The predicted octanol–water partition coefficient (Wildman–Crippen LogP) is 1.42. The third kappa shape index (κ3) is 1.24. The Balaban J connectivity index is 2.10. The zero-order chi connectivity index (χ0) is 12.2. The molecule has 1 fully saturated rings. The highest BCUT2D eigenvalue weighted by atomic mass is 16.2. The molecule has 0 radical (unpaired) electrons. The van der Waals surface area contributed by atoms with Gasteiger partial charge in [0.05, 0.1) is 12.0 Å². The number of hydrogen-bond acceptors (Lipinski definition) is 2. The van der Waals surface area contributed by atoms with Crippen molar-refractivity contribution in [1.82, 2.24) is 9.80 Å². The molecule has 3 amide bonds. The molecule has 2 unspecified atom stereocenters. The van der Waals surface area contributed by atoms with Gasteiger partial charge in [-0.15, -0.1) is 0 Å². The lowest BCUT2D eigenvalue weighted by Crippen LogP contribution is -2.54. The summed E-state index contributed by atoms with van der Waals surface area (Å²) < 4.78 is 0. The van der Waals surface area contributed by atoms with Crippen molar-refractivity contribution >= 4 is 11.9 Å². The topological polar surface area (TPSA) is 40.6 Å². The van der Waals surface area contributed by atoms with E-state index in [1.807, 2.05) is 24.3 Å². The maximum atomic E-state index is 12.1. The maximum absolute atomic E-state index is 12.1. The van der Waals surface area contributed by atoms with Gasteiger partial charge < -0.3 is 4.90 Å². The Kier molecular flexibility index (Phi) is 2.02. The molecule has 0 spiro atoms. The average molecular weight is 230 g/mol. The van der Waals surface area contributed by atoms with Crippen LogP contribution in [0.3, 0.4) is 0 Å². The third-order valence-corrected chi connectivity index (χ3v) is 3.85. The van der Waals surface area contributed by atoms with Gasteiger partial charge in [-0.3, -0.25) is 9.69 Å². The summed E-state index contributed by atoms with van der Waals surface area (Å²) in [5, 5.41) is 0. The number of rotatable bonds is 0. The number of hydrogen-bond donors (Lipinski definition) is 0. The molecule has 0 bridgehead atoms. The number of nitrogens with zero attached hydrogens (tertiary/aromatic N) is 2. The second kappa shape index (κ2) is 3.32. The molecule has 4 nitrogen and oxygen atoms in total. The molecule has 4 heteroatoms. The molecule has 88 valence electrons. The molecule has 0 saturated carbocycles. The average Bonchev–Trinajstić information content (AvgIpc) is 2.73. The molecule has 1 aliphatic carbocycles. The Morgan fingerprint density at radius 1 is 1.18 bits per heavy atom. The highest BCUT2D eigenvalue weighted by Gasteiger charge is 2.47. The Morgan fingerprint density at radius 2 is 1.88 bits per heavy atom. The van der Waals surface area contributed by atoms with Gasteiger partial charge in [0.25, 0.3) is 0 Å². The minimum atomic E-state index is -0.215. The Labute approximate surface area is 99.8 Å². The van der Waals surface area contributed by atoms with Crippen molar-refractivity contribution in [2.45, 2.75) is 12.5 Å². The summed E-state index contributed by atoms with van der Waals surface area (Å²) in [6.45, 7) is 0. The number of carbonyl (C=O) groups excluding carboxylic acids is 2. The van der Waals surface area contributed by atoms with E-state index in [2.05, 4.69) is 0 Å². The molecule has 0 N–H and O–H groups in total. The smallest absolute Gasteiger partial charge is 0.319 e. The molecule has 17 heavy (non-hydrogen) atoms. The summed E-state index contributed by atoms with van der Waals surface area (Å²) in [5.74, 6) is -0.172. The van der Waals surface area contributed by atoms with Crippen molar-refractivity contribution in [2.24, 2.45) is 5.92 Å². The van der Waals surface area contributed by atoms with Crippen molar-refractivity contribution < 1.29 is 9.59 Å². The molecule has 1 heterocycles. The van der Waals surface area contributed by atoms with Crippen molar-refractivity contribution in [3.63, 3.8) is 0 Å². The fourth-order valence-electron chi connectivity index (χ4n) is 2.97. The van der Waals surface area contributed by atoms with Gasteiger partial charge in [0.15, 0.2) is 0 Å². The standard InChI is InChI=1S/C13H14N2O2/c1-14-11-9-6-4-3-5-8(9)7-10(11)12(16)15(2)13(14)17/h3-6,10-11H,7H2,1-2H3. The molecular weight excluding hydrogens is 216 g/mol. The first-order valence-electron chi connectivity index (χ1n) is 5.73. The highest BCUT2D eigenvalue weighted by Crippen LogP contribution is 2.43. The van der Waals surface area contributed by atoms with E-state index in [1.54, 1.807) is 19.0 Å². The number of imide groups is 1. The van der Waals surface area contributed by atoms with Crippen LogP contribution in [0.2, 0.25) is 0 Å². The fourth-order valence-corrected chi connectivity index (χ4v) is 2.97. The Bertz CT molecular complexity index is 512. The van der Waals surface area contributed by atoms with E-state index in [4.69, 9.17) is 0 Å². The quantitative estimate of drug-likeness (QED) is 0.676. The molecule has 2 aliphatic rings. The first-order chi connectivity index (χ1) is 8.11. The van der Waals surface area contributed by atoms with E-state index in [-0.39, 0.29) is 23.9 Å². The van der Waals surface area contributed by atoms with Gasteiger partial charge in [-0.2, -0.15) is 0 Å². The third-order valence-electron chi connectivity index (χ3n) is 3.85. The predicted molar refractivity (Wildman–Crippen MR) is 62.3 cm³/mol. The first kappa shape index (κ1) is 10.3. The molecule has 0 aromatic heterocycles. The van der Waals surface area contributed by atoms with Gasteiger partial charge in [-0.05, 0) is 17.5 Å². The summed E-state index contributed by atoms with van der Waals surface area (Å²) in [7, 11) is 3.32. The highest BCUT2D eigenvalue weighted by molar-refractivity contribution is 5.99. The van der Waals surface area contributed by atoms with Crippen LogP contribution in [0.25, 0.3) is 0 Å². The van der Waals surface area contributed by atoms with E-state index >= 15 is 0 Å². The number of carbonyl (C=O) groups is 2. The zero-order valence-corrected chi connectivity index (χ0v) is 9.88. The Morgan fingerprint density at radius 3 is 2.65 bits per heavy atom. The van der Waals surface area contributed by atoms with Crippen LogP contribution in [0.1, 0.15) is 17.2 Å². The normalized spacial score (nSPS) is 27.2. The van der Waals surface area contributed by atoms with Crippen LogP contribution in [0.15, 0.2) is 24.3 Å². The fraction of sp³-hybridized carbons (Fsp3) is 0.385. The minimum Gasteiger partial charge on any atom is -0.319 e. The second-order valence-corrected chi connectivity index (χ2v) is 4.75. The summed E-state index contributed by atoms with van der Waals surface area (Å²) in [5.41, 5.74) is 2.31. The van der Waals surface area contributed by atoms with Crippen molar-refractivity contribution in [2.75, 3.05) is 14.1 Å². The van der Waals surface area contributed by atoms with Crippen molar-refractivity contribution in [1.29, 1.82) is 0 Å². The van der Waals surface area contributed by atoms with Gasteiger partial charge >= 0.3 is 6.03 Å². The molecular formula is C13H14N2O2. The van der Waals surface area contributed by atoms with Gasteiger partial charge in [0.1, 0.15) is 0 Å². The van der Waals surface area contributed by atoms with Gasteiger partial charge in [-0.25, -0.2) is 4.79 Å². The molecule has 1 aliphatic heterocycles. The lowest BCUT2D eigenvalue weighted by Gasteiger charge is -2.38. The van der Waals surface area contributed by atoms with Crippen LogP contribution in [0, 0.1) is 5.92 Å². The first-order valence-corrected chi connectivity index (χ1v) is 5.73. The summed E-state index contributed by atoms with van der Waals surface area (Å²) in [6.07, 6.45) is 0.738. The molecule has 1 aromatic carbocycles. The Hall–Kier alpha value is -1.84. The number of urea groups is 1. The van der Waals surface area contributed by atoms with Crippen LogP contribution in [0.4, 0.5) is 4.79 Å². The summed E-state index contributed by atoms with van der Waals surface area (Å²) in [6, 6.07) is 7.70. The number of amides is 3. The summed E-state index contributed by atoms with van der Waals surface area (Å²) >= 11 is 0. The monoisotopic (exact) mass is 230 g/mol. The van der Waals surface area contributed by atoms with Gasteiger partial charge in [-0.1, -0.05) is 24.3 Å². The van der Waals surface area contributed by atoms with E-state index in [0.29, 0.717) is 0 Å². The molecule has 1 aromatic rings. The maximum Gasteiger partial charge on any atom is 0.326 e. The van der Waals surface area contributed by atoms with E-state index in [0.717, 1.165) is 12.0 Å².